The van der Waals surface area contributed by atoms with Crippen LogP contribution in [0.25, 0.3) is 0 Å². The third-order valence-corrected chi connectivity index (χ3v) is 4.83. The van der Waals surface area contributed by atoms with Crippen LogP contribution in [0.5, 0.6) is 0 Å². The van der Waals surface area contributed by atoms with E-state index in [1.807, 2.05) is 0 Å². The normalized spacial score (nSPS) is 15.7. The van der Waals surface area contributed by atoms with Crippen molar-refractivity contribution in [3.63, 3.8) is 0 Å². The number of thiazole rings is 1. The van der Waals surface area contributed by atoms with Crippen molar-refractivity contribution in [2.45, 2.75) is 65.5 Å². The summed E-state index contributed by atoms with van der Waals surface area (Å²) in [7, 11) is 0. The summed E-state index contributed by atoms with van der Waals surface area (Å²) in [6.07, 6.45) is 0.935. The summed E-state index contributed by atoms with van der Waals surface area (Å²) in [5.41, 5.74) is 1.21. The lowest BCUT2D eigenvalue weighted by molar-refractivity contribution is 0.230. The van der Waals surface area contributed by atoms with Gasteiger partial charge in [-0.3, -0.25) is 0 Å². The summed E-state index contributed by atoms with van der Waals surface area (Å²) in [6, 6.07) is 0.412. The van der Waals surface area contributed by atoms with Crippen molar-refractivity contribution in [1.82, 2.24) is 10.3 Å². The Kier molecular flexibility index (Phi) is 5.32. The van der Waals surface area contributed by atoms with Crippen molar-refractivity contribution in [3.8, 4) is 0 Å². The van der Waals surface area contributed by atoms with E-state index in [9.17, 15) is 5.11 Å². The van der Waals surface area contributed by atoms with Crippen molar-refractivity contribution >= 4 is 11.3 Å². The monoisotopic (exact) mass is 270 g/mol. The Morgan fingerprint density at radius 1 is 1.39 bits per heavy atom. The van der Waals surface area contributed by atoms with Crippen LogP contribution in [-0.4, -0.2) is 22.7 Å². The number of aliphatic hydroxyl groups excluding tert-OH is 1. The molecule has 1 aromatic rings. The number of aryl methyl sites for hydroxylation is 1. The van der Waals surface area contributed by atoms with E-state index in [4.69, 9.17) is 0 Å². The minimum atomic E-state index is 0.106. The first-order valence-electron chi connectivity index (χ1n) is 6.64. The highest BCUT2D eigenvalue weighted by Crippen LogP contribution is 2.32. The third kappa shape index (κ3) is 3.77. The second-order valence-corrected chi connectivity index (χ2v) is 6.93. The molecule has 1 unspecified atom stereocenters. The first kappa shape index (κ1) is 15.6. The molecule has 4 heteroatoms. The molecule has 0 saturated carbocycles. The van der Waals surface area contributed by atoms with Gasteiger partial charge >= 0.3 is 0 Å². The number of aromatic nitrogens is 1. The van der Waals surface area contributed by atoms with E-state index in [1.165, 1.54) is 9.88 Å². The highest BCUT2D eigenvalue weighted by atomic mass is 32.1. The number of rotatable bonds is 5. The fraction of sp³-hybridized carbons (Fsp3) is 0.786. The van der Waals surface area contributed by atoms with Crippen LogP contribution in [0.15, 0.2) is 0 Å². The SMILES string of the molecule is CC[C@@H](CO)NC(C)c1sc(C(C)(C)C)nc1C. The van der Waals surface area contributed by atoms with Crippen molar-refractivity contribution in [2.24, 2.45) is 0 Å². The predicted octanol–water partition coefficient (Wildman–Crippen LogP) is 3.17. The van der Waals surface area contributed by atoms with Crippen molar-refractivity contribution < 1.29 is 5.11 Å². The molecule has 0 aliphatic carbocycles. The highest BCUT2D eigenvalue weighted by Gasteiger charge is 2.23. The average Bonchev–Trinajstić information content (AvgIpc) is 2.67. The molecule has 2 N–H and O–H groups in total. The van der Waals surface area contributed by atoms with Crippen LogP contribution >= 0.6 is 11.3 Å². The molecule has 0 aromatic carbocycles. The van der Waals surface area contributed by atoms with Crippen LogP contribution in [0, 0.1) is 6.92 Å². The highest BCUT2D eigenvalue weighted by molar-refractivity contribution is 7.12. The topological polar surface area (TPSA) is 45.1 Å². The number of nitrogens with zero attached hydrogens (tertiary/aromatic N) is 1. The summed E-state index contributed by atoms with van der Waals surface area (Å²) < 4.78 is 0. The van der Waals surface area contributed by atoms with Crippen LogP contribution in [0.3, 0.4) is 0 Å². The molecule has 0 aliphatic heterocycles. The maximum absolute atomic E-state index is 9.25. The summed E-state index contributed by atoms with van der Waals surface area (Å²) in [6.45, 7) is 13.1. The Morgan fingerprint density at radius 2 is 2.00 bits per heavy atom. The lowest BCUT2D eigenvalue weighted by Crippen LogP contribution is -2.33. The molecule has 1 rings (SSSR count). The number of nitrogens with one attached hydrogen (secondary N) is 1. The molecular formula is C14H26N2OS. The lowest BCUT2D eigenvalue weighted by atomic mass is 9.98. The second kappa shape index (κ2) is 6.13. The molecule has 0 amide bonds. The van der Waals surface area contributed by atoms with Crippen LogP contribution in [0.4, 0.5) is 0 Å². The Hall–Kier alpha value is -0.450. The van der Waals surface area contributed by atoms with Gasteiger partial charge in [-0.1, -0.05) is 27.7 Å². The molecule has 1 aromatic heterocycles. The Labute approximate surface area is 115 Å². The molecule has 2 atom stereocenters. The van der Waals surface area contributed by atoms with Crippen molar-refractivity contribution in [3.05, 3.63) is 15.6 Å². The van der Waals surface area contributed by atoms with Gasteiger partial charge in [0.05, 0.1) is 17.3 Å². The molecule has 104 valence electrons. The minimum Gasteiger partial charge on any atom is -0.395 e. The van der Waals surface area contributed by atoms with Gasteiger partial charge in [0, 0.05) is 22.4 Å². The number of aliphatic hydroxyl groups is 1. The van der Waals surface area contributed by atoms with Gasteiger partial charge in [0.2, 0.25) is 0 Å². The summed E-state index contributed by atoms with van der Waals surface area (Å²) in [5, 5.41) is 13.9. The van der Waals surface area contributed by atoms with Gasteiger partial charge in [0.15, 0.2) is 0 Å². The molecular weight excluding hydrogens is 244 g/mol. The minimum absolute atomic E-state index is 0.106. The van der Waals surface area contributed by atoms with E-state index in [0.29, 0.717) is 0 Å². The molecule has 1 heterocycles. The number of hydrogen-bond donors (Lipinski definition) is 2. The van der Waals surface area contributed by atoms with E-state index < -0.39 is 0 Å². The fourth-order valence-electron chi connectivity index (χ4n) is 1.86. The average molecular weight is 270 g/mol. The zero-order valence-electron chi connectivity index (χ0n) is 12.4. The summed E-state index contributed by atoms with van der Waals surface area (Å²) >= 11 is 1.78. The van der Waals surface area contributed by atoms with Gasteiger partial charge in [-0.05, 0) is 20.3 Å². The summed E-state index contributed by atoms with van der Waals surface area (Å²) in [4.78, 5) is 5.96. The Bertz CT molecular complexity index is 378. The Balaban J connectivity index is 2.86. The zero-order valence-corrected chi connectivity index (χ0v) is 13.2. The van der Waals surface area contributed by atoms with Gasteiger partial charge in [0.1, 0.15) is 0 Å². The van der Waals surface area contributed by atoms with E-state index in [-0.39, 0.29) is 24.1 Å². The van der Waals surface area contributed by atoms with Crippen LogP contribution in [0.1, 0.15) is 62.7 Å². The fourth-order valence-corrected chi connectivity index (χ4v) is 2.99. The smallest absolute Gasteiger partial charge is 0.0985 e. The zero-order chi connectivity index (χ0) is 13.9. The maximum Gasteiger partial charge on any atom is 0.0985 e. The molecule has 0 radical (unpaired) electrons. The van der Waals surface area contributed by atoms with Crippen LogP contribution in [0.2, 0.25) is 0 Å². The molecule has 0 aliphatic rings. The molecule has 0 bridgehead atoms. The second-order valence-electron chi connectivity index (χ2n) is 5.89. The van der Waals surface area contributed by atoms with E-state index in [0.717, 1.165) is 12.1 Å². The summed E-state index contributed by atoms with van der Waals surface area (Å²) in [5.74, 6) is 0. The molecule has 0 fully saturated rings. The molecule has 0 spiro atoms. The Morgan fingerprint density at radius 3 is 2.39 bits per heavy atom. The molecule has 18 heavy (non-hydrogen) atoms. The van der Waals surface area contributed by atoms with E-state index >= 15 is 0 Å². The molecule has 0 saturated heterocycles. The van der Waals surface area contributed by atoms with E-state index in [2.05, 4.69) is 51.8 Å². The first-order valence-corrected chi connectivity index (χ1v) is 7.46. The van der Waals surface area contributed by atoms with Gasteiger partial charge in [-0.15, -0.1) is 11.3 Å². The van der Waals surface area contributed by atoms with E-state index in [1.54, 1.807) is 11.3 Å². The maximum atomic E-state index is 9.25. The van der Waals surface area contributed by atoms with Gasteiger partial charge in [-0.25, -0.2) is 4.98 Å². The van der Waals surface area contributed by atoms with Gasteiger partial charge in [0.25, 0.3) is 0 Å². The lowest BCUT2D eigenvalue weighted by Gasteiger charge is -2.20. The third-order valence-electron chi connectivity index (χ3n) is 3.07. The van der Waals surface area contributed by atoms with Crippen LogP contribution in [-0.2, 0) is 5.41 Å². The van der Waals surface area contributed by atoms with Crippen molar-refractivity contribution in [2.75, 3.05) is 6.61 Å². The predicted molar refractivity (Wildman–Crippen MR) is 78.3 cm³/mol. The largest absolute Gasteiger partial charge is 0.395 e. The van der Waals surface area contributed by atoms with Crippen LogP contribution < -0.4 is 5.32 Å². The van der Waals surface area contributed by atoms with Gasteiger partial charge < -0.3 is 10.4 Å². The molecule has 3 nitrogen and oxygen atoms in total. The quantitative estimate of drug-likeness (QED) is 0.864. The van der Waals surface area contributed by atoms with Crippen molar-refractivity contribution in [1.29, 1.82) is 0 Å². The number of hydrogen-bond acceptors (Lipinski definition) is 4. The standard InChI is InChI=1S/C14H26N2OS/c1-7-11(8-17)15-9(2)12-10(3)16-13(18-12)14(4,5)6/h9,11,15,17H,7-8H2,1-6H3/t9?,11-/m0/s1. The first-order chi connectivity index (χ1) is 8.29. The van der Waals surface area contributed by atoms with Gasteiger partial charge in [-0.2, -0.15) is 0 Å².